The first-order chi connectivity index (χ1) is 4.74. The fourth-order valence-electron chi connectivity index (χ4n) is 0.731. The van der Waals surface area contributed by atoms with Crippen molar-refractivity contribution < 1.29 is 4.79 Å². The summed E-state index contributed by atoms with van der Waals surface area (Å²) in [6, 6.07) is 0. The van der Waals surface area contributed by atoms with E-state index in [1.54, 1.807) is 0 Å². The summed E-state index contributed by atoms with van der Waals surface area (Å²) in [5, 5.41) is 3.96. The Labute approximate surface area is 63.6 Å². The van der Waals surface area contributed by atoms with E-state index in [1.165, 1.54) is 0 Å². The van der Waals surface area contributed by atoms with Crippen LogP contribution < -0.4 is 0 Å². The number of likely N-dealkylation sites (N-methyl/N-ethyl adjacent to an activating group) is 1. The molecule has 1 aliphatic rings. The third kappa shape index (κ3) is 1.42. The predicted octanol–water partition coefficient (Wildman–Crippen LogP) is 1.11. The molecule has 0 aromatic rings. The van der Waals surface area contributed by atoms with Gasteiger partial charge < -0.3 is 4.90 Å². The number of rotatable bonds is 2. The number of carbonyl (C=O) groups excluding carboxylic acids is 1. The van der Waals surface area contributed by atoms with Crippen molar-refractivity contribution in [2.45, 2.75) is 0 Å². The third-order valence-electron chi connectivity index (χ3n) is 1.34. The van der Waals surface area contributed by atoms with Crippen LogP contribution in [0.25, 0.3) is 0 Å². The van der Waals surface area contributed by atoms with Crippen LogP contribution in [0, 0.1) is 0 Å². The molecule has 1 heterocycles. The molecule has 56 valence electrons. The minimum atomic E-state index is -0.579. The SMILES string of the molecule is CN(C)C1=C[SH](C=O)C=C1. The summed E-state index contributed by atoms with van der Waals surface area (Å²) in [6.45, 7) is 0. The Kier molecular flexibility index (Phi) is 2.17. The first-order valence-electron chi connectivity index (χ1n) is 3.04. The second-order valence-electron chi connectivity index (χ2n) is 2.32. The molecule has 0 spiro atoms. The van der Waals surface area contributed by atoms with Crippen LogP contribution >= 0.6 is 10.9 Å². The zero-order chi connectivity index (χ0) is 7.56. The van der Waals surface area contributed by atoms with E-state index in [0.29, 0.717) is 0 Å². The van der Waals surface area contributed by atoms with E-state index in [9.17, 15) is 4.79 Å². The molecule has 0 N–H and O–H groups in total. The van der Waals surface area contributed by atoms with Gasteiger partial charge in [0.1, 0.15) is 0 Å². The van der Waals surface area contributed by atoms with Crippen LogP contribution in [-0.2, 0) is 4.79 Å². The summed E-state index contributed by atoms with van der Waals surface area (Å²) in [6.07, 6.45) is 1.99. The van der Waals surface area contributed by atoms with Crippen molar-refractivity contribution in [2.24, 2.45) is 0 Å². The van der Waals surface area contributed by atoms with E-state index in [-0.39, 0.29) is 0 Å². The standard InChI is InChI=1S/C7H11NOS/c1-8(2)7-3-4-10(5-7)6-9/h3-6,10H,1-2H3. The maximum atomic E-state index is 10.3. The summed E-state index contributed by atoms with van der Waals surface area (Å²) >= 11 is 0. The molecular weight excluding hydrogens is 146 g/mol. The number of hydrogen-bond donors (Lipinski definition) is 1. The van der Waals surface area contributed by atoms with Crippen molar-refractivity contribution in [2.75, 3.05) is 14.1 Å². The van der Waals surface area contributed by atoms with Crippen molar-refractivity contribution in [1.82, 2.24) is 4.90 Å². The van der Waals surface area contributed by atoms with Gasteiger partial charge in [-0.15, -0.1) is 0 Å². The Bertz CT molecular complexity index is 196. The van der Waals surface area contributed by atoms with Gasteiger partial charge in [0.15, 0.2) is 5.62 Å². The van der Waals surface area contributed by atoms with Crippen LogP contribution in [-0.4, -0.2) is 24.6 Å². The van der Waals surface area contributed by atoms with E-state index in [0.717, 1.165) is 11.3 Å². The molecule has 1 atom stereocenters. The van der Waals surface area contributed by atoms with Gasteiger partial charge >= 0.3 is 0 Å². The molecule has 0 saturated carbocycles. The minimum absolute atomic E-state index is 0.579. The molecular formula is C7H11NOS. The molecule has 1 unspecified atom stereocenters. The monoisotopic (exact) mass is 157 g/mol. The second kappa shape index (κ2) is 2.92. The number of thiol groups is 1. The van der Waals surface area contributed by atoms with Crippen LogP contribution in [0.3, 0.4) is 0 Å². The Morgan fingerprint density at radius 3 is 2.60 bits per heavy atom. The van der Waals surface area contributed by atoms with E-state index < -0.39 is 10.9 Å². The van der Waals surface area contributed by atoms with Crippen molar-refractivity contribution in [3.63, 3.8) is 0 Å². The Balaban J connectivity index is 2.67. The number of carbonyl (C=O) groups is 1. The highest BCUT2D eigenvalue weighted by molar-refractivity contribution is 8.33. The molecule has 0 saturated heterocycles. The van der Waals surface area contributed by atoms with Crippen molar-refractivity contribution >= 4 is 16.5 Å². The van der Waals surface area contributed by atoms with Crippen LogP contribution in [0.5, 0.6) is 0 Å². The van der Waals surface area contributed by atoms with Crippen molar-refractivity contribution in [3.8, 4) is 0 Å². The van der Waals surface area contributed by atoms with E-state index in [4.69, 9.17) is 0 Å². The average Bonchev–Trinajstić information content (AvgIpc) is 2.34. The number of nitrogens with zero attached hydrogens (tertiary/aromatic N) is 1. The van der Waals surface area contributed by atoms with Gasteiger partial charge in [0, 0.05) is 19.8 Å². The van der Waals surface area contributed by atoms with Gasteiger partial charge in [-0.25, -0.2) is 0 Å². The van der Waals surface area contributed by atoms with Gasteiger partial charge in [0.05, 0.1) is 0 Å². The second-order valence-corrected chi connectivity index (χ2v) is 3.98. The number of hydrogen-bond acceptors (Lipinski definition) is 2. The Hall–Kier alpha value is -0.700. The molecule has 0 aromatic carbocycles. The van der Waals surface area contributed by atoms with Gasteiger partial charge in [-0.05, 0) is 16.9 Å². The summed E-state index contributed by atoms with van der Waals surface area (Å²) in [5.41, 5.74) is 2.14. The van der Waals surface area contributed by atoms with E-state index in [2.05, 4.69) is 0 Å². The highest BCUT2D eigenvalue weighted by Crippen LogP contribution is 2.33. The zero-order valence-electron chi connectivity index (χ0n) is 6.11. The van der Waals surface area contributed by atoms with E-state index in [1.807, 2.05) is 35.9 Å². The predicted molar refractivity (Wildman–Crippen MR) is 46.6 cm³/mol. The van der Waals surface area contributed by atoms with Crippen LogP contribution in [0.1, 0.15) is 0 Å². The summed E-state index contributed by atoms with van der Waals surface area (Å²) in [4.78, 5) is 12.3. The lowest BCUT2D eigenvalue weighted by Gasteiger charge is -2.10. The van der Waals surface area contributed by atoms with Gasteiger partial charge in [-0.3, -0.25) is 4.79 Å². The summed E-state index contributed by atoms with van der Waals surface area (Å²) < 4.78 is 0. The molecule has 0 bridgehead atoms. The number of allylic oxidation sites excluding steroid dienone is 1. The third-order valence-corrected chi connectivity index (χ3v) is 2.64. The topological polar surface area (TPSA) is 20.3 Å². The fourth-order valence-corrected chi connectivity index (χ4v) is 1.90. The normalized spacial score (nSPS) is 26.2. The smallest absolute Gasteiger partial charge is 0.163 e. The molecule has 1 aliphatic heterocycles. The first-order valence-corrected chi connectivity index (χ1v) is 4.59. The van der Waals surface area contributed by atoms with Crippen LogP contribution in [0.15, 0.2) is 22.6 Å². The van der Waals surface area contributed by atoms with Crippen molar-refractivity contribution in [1.29, 1.82) is 0 Å². The van der Waals surface area contributed by atoms with Gasteiger partial charge in [-0.2, -0.15) is 10.9 Å². The Morgan fingerprint density at radius 2 is 2.30 bits per heavy atom. The summed E-state index contributed by atoms with van der Waals surface area (Å²) in [7, 11) is 3.36. The lowest BCUT2D eigenvalue weighted by atomic mass is 10.4. The molecule has 1 rings (SSSR count). The maximum absolute atomic E-state index is 10.3. The average molecular weight is 157 g/mol. The van der Waals surface area contributed by atoms with Crippen LogP contribution in [0.2, 0.25) is 0 Å². The molecule has 0 amide bonds. The minimum Gasteiger partial charge on any atom is -0.377 e. The molecule has 3 heteroatoms. The molecule has 0 fully saturated rings. The van der Waals surface area contributed by atoms with E-state index >= 15 is 0 Å². The maximum Gasteiger partial charge on any atom is 0.163 e. The fraction of sp³-hybridized carbons (Fsp3) is 0.286. The molecule has 2 nitrogen and oxygen atoms in total. The van der Waals surface area contributed by atoms with Crippen molar-refractivity contribution in [3.05, 3.63) is 22.6 Å². The highest BCUT2D eigenvalue weighted by atomic mass is 32.2. The zero-order valence-corrected chi connectivity index (χ0v) is 7.01. The molecule has 0 radical (unpaired) electrons. The molecule has 0 aliphatic carbocycles. The van der Waals surface area contributed by atoms with Crippen LogP contribution in [0.4, 0.5) is 0 Å². The lowest BCUT2D eigenvalue weighted by molar-refractivity contribution is 0.532. The van der Waals surface area contributed by atoms with Gasteiger partial charge in [-0.1, -0.05) is 0 Å². The quantitative estimate of drug-likeness (QED) is 0.478. The van der Waals surface area contributed by atoms with Gasteiger partial charge in [0.2, 0.25) is 0 Å². The highest BCUT2D eigenvalue weighted by Gasteiger charge is 2.04. The first kappa shape index (κ1) is 7.41. The lowest BCUT2D eigenvalue weighted by Crippen LogP contribution is -2.07. The largest absolute Gasteiger partial charge is 0.377 e. The molecule has 10 heavy (non-hydrogen) atoms. The summed E-state index contributed by atoms with van der Waals surface area (Å²) in [5.74, 6) is 0. The van der Waals surface area contributed by atoms with Gasteiger partial charge in [0.25, 0.3) is 0 Å². The molecule has 0 aromatic heterocycles. The Morgan fingerprint density at radius 1 is 1.60 bits per heavy atom.